The second-order valence-electron chi connectivity index (χ2n) is 4.91. The summed E-state index contributed by atoms with van der Waals surface area (Å²) in [6.45, 7) is 0.683. The summed E-state index contributed by atoms with van der Waals surface area (Å²) in [4.78, 5) is 12.1. The molecule has 1 aliphatic carbocycles. The Labute approximate surface area is 125 Å². The number of nitrogens with one attached hydrogen (secondary N) is 1. The minimum Gasteiger partial charge on any atom is -0.351 e. The standard InChI is InChI=1S/C14H17BrFNOS/c1-19-14(6-2-3-7-14)9-17-13(18)10-4-5-12(16)11(15)8-10/h4-5,8H,2-3,6-7,9H2,1H3,(H,17,18). The van der Waals surface area contributed by atoms with Crippen LogP contribution in [0.1, 0.15) is 36.0 Å². The minimum absolute atomic E-state index is 0.138. The minimum atomic E-state index is -0.354. The van der Waals surface area contributed by atoms with Gasteiger partial charge >= 0.3 is 0 Å². The number of carbonyl (C=O) groups excluding carboxylic acids is 1. The molecule has 1 fully saturated rings. The molecule has 2 nitrogen and oxygen atoms in total. The largest absolute Gasteiger partial charge is 0.351 e. The Balaban J connectivity index is 1.99. The number of halogens is 2. The number of thioether (sulfide) groups is 1. The molecule has 19 heavy (non-hydrogen) atoms. The van der Waals surface area contributed by atoms with Crippen molar-refractivity contribution in [2.45, 2.75) is 30.4 Å². The number of hydrogen-bond acceptors (Lipinski definition) is 2. The molecular weight excluding hydrogens is 329 g/mol. The summed E-state index contributed by atoms with van der Waals surface area (Å²) in [5.74, 6) is -0.492. The molecule has 1 saturated carbocycles. The second-order valence-corrected chi connectivity index (χ2v) is 7.03. The molecule has 0 atom stereocenters. The highest BCUT2D eigenvalue weighted by atomic mass is 79.9. The second kappa shape index (κ2) is 6.27. The summed E-state index contributed by atoms with van der Waals surface area (Å²) < 4.78 is 13.6. The van der Waals surface area contributed by atoms with Crippen LogP contribution in [0.5, 0.6) is 0 Å². The summed E-state index contributed by atoms with van der Waals surface area (Å²) in [5, 5.41) is 2.98. The molecule has 1 N–H and O–H groups in total. The maximum atomic E-state index is 13.1. The van der Waals surface area contributed by atoms with E-state index in [4.69, 9.17) is 0 Å². The average Bonchev–Trinajstić information content (AvgIpc) is 2.89. The van der Waals surface area contributed by atoms with Gasteiger partial charge in [-0.15, -0.1) is 0 Å². The molecule has 1 amide bonds. The van der Waals surface area contributed by atoms with Crippen LogP contribution in [0, 0.1) is 5.82 Å². The smallest absolute Gasteiger partial charge is 0.251 e. The number of rotatable bonds is 4. The number of amides is 1. The van der Waals surface area contributed by atoms with E-state index in [9.17, 15) is 9.18 Å². The fourth-order valence-electron chi connectivity index (χ4n) is 2.45. The highest BCUT2D eigenvalue weighted by molar-refractivity contribution is 9.10. The van der Waals surface area contributed by atoms with E-state index in [-0.39, 0.29) is 16.5 Å². The van der Waals surface area contributed by atoms with Crippen LogP contribution in [0.25, 0.3) is 0 Å². The lowest BCUT2D eigenvalue weighted by atomic mass is 10.1. The zero-order chi connectivity index (χ0) is 13.9. The molecule has 1 aromatic carbocycles. The third-order valence-electron chi connectivity index (χ3n) is 3.70. The normalized spacial score (nSPS) is 17.4. The molecule has 2 rings (SSSR count). The predicted octanol–water partition coefficient (Wildman–Crippen LogP) is 3.99. The molecule has 1 aliphatic rings. The van der Waals surface area contributed by atoms with Gasteiger partial charge in [0, 0.05) is 16.9 Å². The van der Waals surface area contributed by atoms with Crippen LogP contribution in [-0.2, 0) is 0 Å². The molecule has 1 aromatic rings. The summed E-state index contributed by atoms with van der Waals surface area (Å²) in [6.07, 6.45) is 6.88. The lowest BCUT2D eigenvalue weighted by Gasteiger charge is -2.26. The van der Waals surface area contributed by atoms with Crippen LogP contribution in [0.3, 0.4) is 0 Å². The first-order valence-corrected chi connectivity index (χ1v) is 8.36. The maximum absolute atomic E-state index is 13.1. The van der Waals surface area contributed by atoms with E-state index < -0.39 is 0 Å². The summed E-state index contributed by atoms with van der Waals surface area (Å²) in [7, 11) is 0. The van der Waals surface area contributed by atoms with Gasteiger partial charge in [-0.05, 0) is 53.2 Å². The Morgan fingerprint density at radius 1 is 1.47 bits per heavy atom. The third-order valence-corrected chi connectivity index (χ3v) is 5.73. The third kappa shape index (κ3) is 3.51. The molecule has 0 saturated heterocycles. The number of benzene rings is 1. The number of hydrogen-bond donors (Lipinski definition) is 1. The van der Waals surface area contributed by atoms with Crippen LogP contribution in [0.4, 0.5) is 4.39 Å². The van der Waals surface area contributed by atoms with Gasteiger partial charge in [-0.3, -0.25) is 4.79 Å². The van der Waals surface area contributed by atoms with Crippen LogP contribution in [0.2, 0.25) is 0 Å². The van der Waals surface area contributed by atoms with Crippen LogP contribution < -0.4 is 5.32 Å². The zero-order valence-corrected chi connectivity index (χ0v) is 13.2. The van der Waals surface area contributed by atoms with Gasteiger partial charge < -0.3 is 5.32 Å². The molecule has 0 spiro atoms. The van der Waals surface area contributed by atoms with E-state index in [1.807, 2.05) is 11.8 Å². The van der Waals surface area contributed by atoms with Crippen molar-refractivity contribution in [1.82, 2.24) is 5.32 Å². The molecule has 0 radical (unpaired) electrons. The molecule has 104 valence electrons. The van der Waals surface area contributed by atoms with Gasteiger partial charge in [0.2, 0.25) is 0 Å². The predicted molar refractivity (Wildman–Crippen MR) is 81.1 cm³/mol. The Bertz CT molecular complexity index is 475. The van der Waals surface area contributed by atoms with Crippen molar-refractivity contribution in [3.05, 3.63) is 34.1 Å². The van der Waals surface area contributed by atoms with E-state index in [2.05, 4.69) is 27.5 Å². The zero-order valence-electron chi connectivity index (χ0n) is 10.8. The van der Waals surface area contributed by atoms with Gasteiger partial charge in [-0.2, -0.15) is 11.8 Å². The first-order chi connectivity index (χ1) is 9.06. The molecular formula is C14H17BrFNOS. The van der Waals surface area contributed by atoms with Crippen molar-refractivity contribution in [1.29, 1.82) is 0 Å². The van der Waals surface area contributed by atoms with Gasteiger partial charge in [0.25, 0.3) is 5.91 Å². The van der Waals surface area contributed by atoms with Crippen molar-refractivity contribution < 1.29 is 9.18 Å². The maximum Gasteiger partial charge on any atom is 0.251 e. The van der Waals surface area contributed by atoms with Crippen molar-refractivity contribution in [2.75, 3.05) is 12.8 Å². The fraction of sp³-hybridized carbons (Fsp3) is 0.500. The fourth-order valence-corrected chi connectivity index (χ4v) is 3.75. The van der Waals surface area contributed by atoms with E-state index in [0.29, 0.717) is 16.6 Å². The monoisotopic (exact) mass is 345 g/mol. The Morgan fingerprint density at radius 3 is 2.74 bits per heavy atom. The summed E-state index contributed by atoms with van der Waals surface area (Å²) >= 11 is 4.94. The van der Waals surface area contributed by atoms with E-state index in [1.54, 1.807) is 0 Å². The van der Waals surface area contributed by atoms with Crippen LogP contribution in [-0.4, -0.2) is 23.5 Å². The van der Waals surface area contributed by atoms with E-state index >= 15 is 0 Å². The molecule has 0 heterocycles. The Kier molecular flexibility index (Phi) is 4.90. The van der Waals surface area contributed by atoms with Crippen molar-refractivity contribution >= 4 is 33.6 Å². The van der Waals surface area contributed by atoms with Crippen molar-refractivity contribution in [3.63, 3.8) is 0 Å². The first kappa shape index (κ1) is 14.9. The Morgan fingerprint density at radius 2 is 2.16 bits per heavy atom. The van der Waals surface area contributed by atoms with Gasteiger partial charge in [0.05, 0.1) is 4.47 Å². The quantitative estimate of drug-likeness (QED) is 0.893. The molecule has 0 aromatic heterocycles. The van der Waals surface area contributed by atoms with Crippen molar-refractivity contribution in [2.24, 2.45) is 0 Å². The summed E-state index contributed by atoms with van der Waals surface area (Å²) in [5.41, 5.74) is 0.488. The first-order valence-electron chi connectivity index (χ1n) is 6.35. The average molecular weight is 346 g/mol. The lowest BCUT2D eigenvalue weighted by molar-refractivity contribution is 0.0949. The molecule has 0 unspecified atom stereocenters. The van der Waals surface area contributed by atoms with Gasteiger partial charge in [0.1, 0.15) is 5.82 Å². The van der Waals surface area contributed by atoms with Crippen molar-refractivity contribution in [3.8, 4) is 0 Å². The highest BCUT2D eigenvalue weighted by Crippen LogP contribution is 2.39. The van der Waals surface area contributed by atoms with E-state index in [1.165, 1.54) is 31.0 Å². The number of carbonyl (C=O) groups is 1. The summed E-state index contributed by atoms with van der Waals surface area (Å²) in [6, 6.07) is 4.33. The van der Waals surface area contributed by atoms with Gasteiger partial charge in [-0.25, -0.2) is 4.39 Å². The van der Waals surface area contributed by atoms with E-state index in [0.717, 1.165) is 12.8 Å². The van der Waals surface area contributed by atoms with Crippen LogP contribution >= 0.6 is 27.7 Å². The van der Waals surface area contributed by atoms with Crippen LogP contribution in [0.15, 0.2) is 22.7 Å². The van der Waals surface area contributed by atoms with Gasteiger partial charge in [0.15, 0.2) is 0 Å². The lowest BCUT2D eigenvalue weighted by Crippen LogP contribution is -2.38. The Hall–Kier alpha value is -0.550. The molecule has 5 heteroatoms. The molecule has 0 aliphatic heterocycles. The SMILES string of the molecule is CSC1(CNC(=O)c2ccc(F)c(Br)c2)CCCC1. The highest BCUT2D eigenvalue weighted by Gasteiger charge is 2.33. The topological polar surface area (TPSA) is 29.1 Å². The van der Waals surface area contributed by atoms with Gasteiger partial charge in [-0.1, -0.05) is 12.8 Å². The molecule has 0 bridgehead atoms.